The fourth-order valence-corrected chi connectivity index (χ4v) is 3.88. The van der Waals surface area contributed by atoms with Crippen LogP contribution in [0.25, 0.3) is 5.69 Å². The minimum absolute atomic E-state index is 0.345. The number of nitrogens with zero attached hydrogens (tertiary/aromatic N) is 4. The Morgan fingerprint density at radius 2 is 1.79 bits per heavy atom. The molecular weight excluding hydrogens is 412 g/mol. The van der Waals surface area contributed by atoms with Gasteiger partial charge in [-0.2, -0.15) is 5.10 Å². The average Bonchev–Trinajstić information content (AvgIpc) is 3.08. The highest BCUT2D eigenvalue weighted by Gasteiger charge is 2.22. The Bertz CT molecular complexity index is 1000. The van der Waals surface area contributed by atoms with Crippen molar-refractivity contribution < 1.29 is 9.84 Å². The minimum atomic E-state index is -0.345. The van der Waals surface area contributed by atoms with Crippen LogP contribution < -0.4 is 4.74 Å². The van der Waals surface area contributed by atoms with Gasteiger partial charge in [-0.3, -0.25) is 4.90 Å². The van der Waals surface area contributed by atoms with Gasteiger partial charge in [-0.05, 0) is 64.2 Å². The number of hydrogen-bond acceptors (Lipinski definition) is 5. The molecular formula is C27H38N4O2. The number of para-hydroxylation sites is 1. The highest BCUT2D eigenvalue weighted by atomic mass is 16.5. The number of hydrogen-bond donors (Lipinski definition) is 1. The molecule has 0 amide bonds. The number of likely N-dealkylation sites (N-methyl/N-ethyl adjacent to an activating group) is 1. The molecule has 1 N–H and O–H groups in total. The third-order valence-electron chi connectivity index (χ3n) is 5.68. The zero-order valence-electron chi connectivity index (χ0n) is 20.7. The van der Waals surface area contributed by atoms with Crippen LogP contribution in [0.5, 0.6) is 11.6 Å². The lowest BCUT2D eigenvalue weighted by atomic mass is 10.1. The van der Waals surface area contributed by atoms with Crippen molar-refractivity contribution in [3.63, 3.8) is 0 Å². The largest absolute Gasteiger partial charge is 0.439 e. The number of ether oxygens (including phenoxy) is 1. The average molecular weight is 451 g/mol. The second-order valence-electron chi connectivity index (χ2n) is 9.02. The van der Waals surface area contributed by atoms with Crippen molar-refractivity contribution in [1.82, 2.24) is 19.6 Å². The van der Waals surface area contributed by atoms with Crippen LogP contribution in [-0.4, -0.2) is 64.5 Å². The van der Waals surface area contributed by atoms with E-state index in [1.807, 2.05) is 60.1 Å². The number of aromatic nitrogens is 2. The second kappa shape index (κ2) is 12.0. The third-order valence-corrected chi connectivity index (χ3v) is 5.68. The molecule has 0 aliphatic carbocycles. The normalized spacial score (nSPS) is 12.5. The van der Waals surface area contributed by atoms with Crippen LogP contribution in [0, 0.1) is 13.8 Å². The summed E-state index contributed by atoms with van der Waals surface area (Å²) < 4.78 is 8.37. The number of rotatable bonds is 12. The molecule has 0 saturated heterocycles. The molecule has 33 heavy (non-hydrogen) atoms. The van der Waals surface area contributed by atoms with Crippen LogP contribution in [-0.2, 0) is 6.54 Å². The monoisotopic (exact) mass is 450 g/mol. The topological polar surface area (TPSA) is 53.8 Å². The first-order chi connectivity index (χ1) is 15.9. The van der Waals surface area contributed by atoms with Gasteiger partial charge in [-0.25, -0.2) is 4.68 Å². The molecule has 1 unspecified atom stereocenters. The molecule has 3 aromatic rings. The van der Waals surface area contributed by atoms with E-state index in [2.05, 4.69) is 43.8 Å². The maximum Gasteiger partial charge on any atom is 0.227 e. The van der Waals surface area contributed by atoms with Crippen molar-refractivity contribution in [1.29, 1.82) is 0 Å². The Kier molecular flexibility index (Phi) is 9.06. The smallest absolute Gasteiger partial charge is 0.227 e. The number of aryl methyl sites for hydroxylation is 2. The van der Waals surface area contributed by atoms with Crippen LogP contribution in [0.3, 0.4) is 0 Å². The van der Waals surface area contributed by atoms with Crippen molar-refractivity contribution in [3.8, 4) is 17.3 Å². The van der Waals surface area contributed by atoms with Crippen LogP contribution in [0.15, 0.2) is 54.6 Å². The Balaban J connectivity index is 1.98. The van der Waals surface area contributed by atoms with Gasteiger partial charge in [-0.15, -0.1) is 0 Å². The van der Waals surface area contributed by atoms with Gasteiger partial charge < -0.3 is 14.7 Å². The molecule has 1 aromatic heterocycles. The highest BCUT2D eigenvalue weighted by Crippen LogP contribution is 2.32. The second-order valence-corrected chi connectivity index (χ2v) is 9.02. The molecule has 0 fully saturated rings. The van der Waals surface area contributed by atoms with Crippen LogP contribution in [0.1, 0.15) is 36.6 Å². The van der Waals surface area contributed by atoms with E-state index >= 15 is 0 Å². The minimum Gasteiger partial charge on any atom is -0.439 e. The van der Waals surface area contributed by atoms with Gasteiger partial charge in [0, 0.05) is 26.2 Å². The standard InChI is InChI=1S/C27H38N4O2/c1-6-11-24(32)19-30(17-16-29(4)5)20-26-22(3)28-31(23-13-8-7-9-14-23)27(26)33-25-15-10-12-21(2)18-25/h7-10,12-15,18,24,32H,6,11,16-17,19-20H2,1-5H3. The van der Waals surface area contributed by atoms with Gasteiger partial charge in [0.2, 0.25) is 5.88 Å². The summed E-state index contributed by atoms with van der Waals surface area (Å²) in [6.45, 7) is 9.26. The van der Waals surface area contributed by atoms with Crippen LogP contribution in [0.2, 0.25) is 0 Å². The summed E-state index contributed by atoms with van der Waals surface area (Å²) >= 11 is 0. The zero-order valence-corrected chi connectivity index (χ0v) is 20.7. The zero-order chi connectivity index (χ0) is 23.8. The SMILES string of the molecule is CCCC(O)CN(CCN(C)C)Cc1c(C)nn(-c2ccccc2)c1Oc1cccc(C)c1. The van der Waals surface area contributed by atoms with E-state index in [1.54, 1.807) is 0 Å². The maximum atomic E-state index is 10.5. The highest BCUT2D eigenvalue weighted by molar-refractivity contribution is 5.43. The van der Waals surface area contributed by atoms with E-state index in [0.29, 0.717) is 13.1 Å². The first kappa shape index (κ1) is 25.0. The van der Waals surface area contributed by atoms with E-state index in [0.717, 1.165) is 60.1 Å². The number of benzene rings is 2. The summed E-state index contributed by atoms with van der Waals surface area (Å²) in [6.07, 6.45) is 1.42. The lowest BCUT2D eigenvalue weighted by Crippen LogP contribution is -2.37. The van der Waals surface area contributed by atoms with Crippen LogP contribution >= 0.6 is 0 Å². The molecule has 2 aromatic carbocycles. The lowest BCUT2D eigenvalue weighted by Gasteiger charge is -2.26. The van der Waals surface area contributed by atoms with E-state index in [9.17, 15) is 5.11 Å². The van der Waals surface area contributed by atoms with Crippen molar-refractivity contribution in [2.45, 2.75) is 46.3 Å². The molecule has 3 rings (SSSR count). The molecule has 0 spiro atoms. The molecule has 0 aliphatic rings. The molecule has 6 heteroatoms. The third kappa shape index (κ3) is 7.16. The Morgan fingerprint density at radius 1 is 1.03 bits per heavy atom. The van der Waals surface area contributed by atoms with Gasteiger partial charge in [-0.1, -0.05) is 43.7 Å². The van der Waals surface area contributed by atoms with Gasteiger partial charge in [0.1, 0.15) is 5.75 Å². The summed E-state index contributed by atoms with van der Waals surface area (Å²) in [5.41, 5.74) is 4.08. The summed E-state index contributed by atoms with van der Waals surface area (Å²) in [4.78, 5) is 4.48. The summed E-state index contributed by atoms with van der Waals surface area (Å²) in [6, 6.07) is 18.2. The van der Waals surface area contributed by atoms with Crippen molar-refractivity contribution in [2.24, 2.45) is 0 Å². The van der Waals surface area contributed by atoms with E-state index in [-0.39, 0.29) is 6.10 Å². The number of aliphatic hydroxyl groups is 1. The quantitative estimate of drug-likeness (QED) is 0.429. The van der Waals surface area contributed by atoms with Crippen molar-refractivity contribution in [3.05, 3.63) is 71.4 Å². The van der Waals surface area contributed by atoms with Crippen molar-refractivity contribution in [2.75, 3.05) is 33.7 Å². The predicted octanol–water partition coefficient (Wildman–Crippen LogP) is 4.81. The van der Waals surface area contributed by atoms with Gasteiger partial charge in [0.25, 0.3) is 0 Å². The Morgan fingerprint density at radius 3 is 2.45 bits per heavy atom. The lowest BCUT2D eigenvalue weighted by molar-refractivity contribution is 0.0962. The molecule has 1 atom stereocenters. The molecule has 0 radical (unpaired) electrons. The predicted molar refractivity (Wildman–Crippen MR) is 134 cm³/mol. The van der Waals surface area contributed by atoms with E-state index < -0.39 is 0 Å². The fourth-order valence-electron chi connectivity index (χ4n) is 3.88. The van der Waals surface area contributed by atoms with Gasteiger partial charge in [0.15, 0.2) is 0 Å². The summed E-state index contributed by atoms with van der Waals surface area (Å²) in [5.74, 6) is 1.52. The number of aliphatic hydroxyl groups excluding tert-OH is 1. The van der Waals surface area contributed by atoms with Crippen molar-refractivity contribution >= 4 is 0 Å². The van der Waals surface area contributed by atoms with Gasteiger partial charge in [0.05, 0.1) is 23.0 Å². The van der Waals surface area contributed by atoms with E-state index in [1.165, 1.54) is 0 Å². The molecule has 0 aliphatic heterocycles. The molecule has 0 saturated carbocycles. The fraction of sp³-hybridized carbons (Fsp3) is 0.444. The van der Waals surface area contributed by atoms with Crippen LogP contribution in [0.4, 0.5) is 0 Å². The van der Waals surface area contributed by atoms with E-state index in [4.69, 9.17) is 9.84 Å². The molecule has 178 valence electrons. The molecule has 6 nitrogen and oxygen atoms in total. The Labute approximate surface area is 198 Å². The summed E-state index contributed by atoms with van der Waals surface area (Å²) in [7, 11) is 4.15. The first-order valence-electron chi connectivity index (χ1n) is 11.8. The summed E-state index contributed by atoms with van der Waals surface area (Å²) in [5, 5.41) is 15.4. The van der Waals surface area contributed by atoms with Gasteiger partial charge >= 0.3 is 0 Å². The molecule has 1 heterocycles. The maximum absolute atomic E-state index is 10.5. The molecule has 0 bridgehead atoms. The Hall–Kier alpha value is -2.67. The first-order valence-corrected chi connectivity index (χ1v) is 11.8.